The lowest BCUT2D eigenvalue weighted by molar-refractivity contribution is 0.468. The summed E-state index contributed by atoms with van der Waals surface area (Å²) in [4.78, 5) is 14.9. The van der Waals surface area contributed by atoms with Crippen LogP contribution in [0.5, 0.6) is 5.75 Å². The second-order valence-electron chi connectivity index (χ2n) is 6.22. The molecule has 0 fully saturated rings. The number of hydrogen-bond acceptors (Lipinski definition) is 8. The summed E-state index contributed by atoms with van der Waals surface area (Å²) in [6.07, 6.45) is 1.60. The lowest BCUT2D eigenvalue weighted by atomic mass is 10.2. The van der Waals surface area contributed by atoms with E-state index < -0.39 is 0 Å². The third-order valence-electron chi connectivity index (χ3n) is 3.73. The summed E-state index contributed by atoms with van der Waals surface area (Å²) in [5.41, 5.74) is 4.72. The number of halogens is 2. The first-order valence-electron chi connectivity index (χ1n) is 8.60. The van der Waals surface area contributed by atoms with Crippen molar-refractivity contribution < 1.29 is 5.11 Å². The number of anilines is 3. The number of aromatic hydroxyl groups is 1. The van der Waals surface area contributed by atoms with E-state index in [0.717, 1.165) is 11.1 Å². The summed E-state index contributed by atoms with van der Waals surface area (Å²) in [6.45, 7) is 0.593. The fraction of sp³-hybridized carbons (Fsp3) is 0.158. The van der Waals surface area contributed by atoms with Gasteiger partial charge in [-0.1, -0.05) is 30.3 Å². The fourth-order valence-corrected chi connectivity index (χ4v) is 3.52. The van der Waals surface area contributed by atoms with Gasteiger partial charge in [-0.2, -0.15) is 20.1 Å². The van der Waals surface area contributed by atoms with Crippen LogP contribution in [0, 0.1) is 0 Å². The van der Waals surface area contributed by atoms with Crippen LogP contribution in [0.1, 0.15) is 11.1 Å². The standard InChI is InChI=1S/C19H19Br2N7O/c1-28(2)19-25-17(22-10-12-6-4-3-5-7-12)24-18(26-19)27-23-11-13-8-14(20)16(29)15(21)9-13/h3-9,11,29H,10H2,1-2H3,(H2,22,24,25,26,27). The molecule has 0 saturated carbocycles. The van der Waals surface area contributed by atoms with Crippen molar-refractivity contribution in [2.75, 3.05) is 29.7 Å². The molecule has 0 atom stereocenters. The van der Waals surface area contributed by atoms with Gasteiger partial charge in [-0.05, 0) is 55.1 Å². The molecule has 3 N–H and O–H groups in total. The van der Waals surface area contributed by atoms with E-state index in [1.807, 2.05) is 44.4 Å². The Bertz CT molecular complexity index is 990. The summed E-state index contributed by atoms with van der Waals surface area (Å²) in [5.74, 6) is 1.40. The van der Waals surface area contributed by atoms with Crippen LogP contribution in [-0.4, -0.2) is 40.4 Å². The van der Waals surface area contributed by atoms with Crippen LogP contribution in [0.4, 0.5) is 17.8 Å². The highest BCUT2D eigenvalue weighted by atomic mass is 79.9. The van der Waals surface area contributed by atoms with E-state index in [1.54, 1.807) is 23.2 Å². The molecule has 0 unspecified atom stereocenters. The molecule has 1 aromatic heterocycles. The third kappa shape index (κ3) is 5.88. The van der Waals surface area contributed by atoms with Gasteiger partial charge in [0.25, 0.3) is 0 Å². The molecule has 29 heavy (non-hydrogen) atoms. The van der Waals surface area contributed by atoms with E-state index in [4.69, 9.17) is 0 Å². The number of nitrogens with one attached hydrogen (secondary N) is 2. The summed E-state index contributed by atoms with van der Waals surface area (Å²) in [5, 5.41) is 17.2. The van der Waals surface area contributed by atoms with Crippen molar-refractivity contribution >= 4 is 55.9 Å². The molecule has 0 spiro atoms. The molecule has 8 nitrogen and oxygen atoms in total. The van der Waals surface area contributed by atoms with E-state index in [1.165, 1.54) is 0 Å². The van der Waals surface area contributed by atoms with Crippen molar-refractivity contribution in [2.45, 2.75) is 6.54 Å². The Hall–Kier alpha value is -2.72. The average Bonchev–Trinajstić information content (AvgIpc) is 2.71. The Morgan fingerprint density at radius 2 is 1.69 bits per heavy atom. The molecule has 3 aromatic rings. The van der Waals surface area contributed by atoms with E-state index >= 15 is 0 Å². The first kappa shape index (κ1) is 21.0. The van der Waals surface area contributed by atoms with E-state index in [0.29, 0.717) is 33.3 Å². The Morgan fingerprint density at radius 1 is 1.03 bits per heavy atom. The largest absolute Gasteiger partial charge is 0.506 e. The van der Waals surface area contributed by atoms with Gasteiger partial charge in [0.05, 0.1) is 15.2 Å². The van der Waals surface area contributed by atoms with Gasteiger partial charge in [0.15, 0.2) is 0 Å². The zero-order valence-electron chi connectivity index (χ0n) is 15.8. The number of hydrogen-bond donors (Lipinski definition) is 3. The van der Waals surface area contributed by atoms with Crippen molar-refractivity contribution in [1.29, 1.82) is 0 Å². The molecule has 0 aliphatic heterocycles. The smallest absolute Gasteiger partial charge is 0.250 e. The molecule has 0 saturated heterocycles. The Balaban J connectivity index is 1.75. The molecule has 0 aliphatic carbocycles. The quantitative estimate of drug-likeness (QED) is 0.317. The zero-order chi connectivity index (χ0) is 20.8. The number of rotatable bonds is 7. The topological polar surface area (TPSA) is 98.6 Å². The summed E-state index contributed by atoms with van der Waals surface area (Å²) >= 11 is 6.59. The minimum absolute atomic E-state index is 0.136. The molecule has 10 heteroatoms. The highest BCUT2D eigenvalue weighted by Crippen LogP contribution is 2.32. The lowest BCUT2D eigenvalue weighted by Gasteiger charge is -2.13. The number of nitrogens with zero attached hydrogens (tertiary/aromatic N) is 5. The molecule has 0 amide bonds. The van der Waals surface area contributed by atoms with Crippen molar-refractivity contribution in [3.63, 3.8) is 0 Å². The lowest BCUT2D eigenvalue weighted by Crippen LogP contribution is -2.16. The summed E-state index contributed by atoms with van der Waals surface area (Å²) < 4.78 is 1.13. The van der Waals surface area contributed by atoms with Crippen molar-refractivity contribution in [3.8, 4) is 5.75 Å². The van der Waals surface area contributed by atoms with Gasteiger partial charge in [-0.15, -0.1) is 0 Å². The van der Waals surface area contributed by atoms with Gasteiger partial charge in [0.1, 0.15) is 5.75 Å². The Kier molecular flexibility index (Phi) is 6.99. The minimum atomic E-state index is 0.136. The molecule has 2 aromatic carbocycles. The predicted octanol–water partition coefficient (Wildman–Crippen LogP) is 4.23. The molecular formula is C19H19Br2N7O. The first-order chi connectivity index (χ1) is 13.9. The van der Waals surface area contributed by atoms with E-state index in [9.17, 15) is 5.11 Å². The van der Waals surface area contributed by atoms with Gasteiger partial charge < -0.3 is 15.3 Å². The third-order valence-corrected chi connectivity index (χ3v) is 4.94. The predicted molar refractivity (Wildman–Crippen MR) is 123 cm³/mol. The zero-order valence-corrected chi connectivity index (χ0v) is 18.9. The maximum atomic E-state index is 9.79. The second kappa shape index (κ2) is 9.66. The molecular weight excluding hydrogens is 502 g/mol. The molecule has 0 bridgehead atoms. The number of phenolic OH excluding ortho intramolecular Hbond substituents is 1. The first-order valence-corrected chi connectivity index (χ1v) is 10.2. The van der Waals surface area contributed by atoms with Gasteiger partial charge in [0.2, 0.25) is 17.8 Å². The van der Waals surface area contributed by atoms with Crippen LogP contribution in [0.3, 0.4) is 0 Å². The second-order valence-corrected chi connectivity index (χ2v) is 7.93. The number of hydrazone groups is 1. The van der Waals surface area contributed by atoms with Crippen LogP contribution in [-0.2, 0) is 6.54 Å². The van der Waals surface area contributed by atoms with E-state index in [-0.39, 0.29) is 5.75 Å². The summed E-state index contributed by atoms with van der Waals surface area (Å²) in [6, 6.07) is 13.5. The Labute approximate surface area is 185 Å². The van der Waals surface area contributed by atoms with E-state index in [2.05, 4.69) is 62.7 Å². The molecule has 3 rings (SSSR count). The van der Waals surface area contributed by atoms with Crippen LogP contribution in [0.25, 0.3) is 0 Å². The molecule has 0 aliphatic rings. The monoisotopic (exact) mass is 519 g/mol. The van der Waals surface area contributed by atoms with Gasteiger partial charge in [-0.3, -0.25) is 0 Å². The SMILES string of the molecule is CN(C)c1nc(NCc2ccccc2)nc(NN=Cc2cc(Br)c(O)c(Br)c2)n1. The number of phenols is 1. The normalized spacial score (nSPS) is 10.9. The molecule has 1 heterocycles. The fourth-order valence-electron chi connectivity index (χ4n) is 2.29. The molecule has 150 valence electrons. The summed E-state index contributed by atoms with van der Waals surface area (Å²) in [7, 11) is 3.71. The minimum Gasteiger partial charge on any atom is -0.506 e. The van der Waals surface area contributed by atoms with Gasteiger partial charge in [0, 0.05) is 20.6 Å². The van der Waals surface area contributed by atoms with Gasteiger partial charge in [-0.25, -0.2) is 5.43 Å². The van der Waals surface area contributed by atoms with Crippen molar-refractivity contribution in [1.82, 2.24) is 15.0 Å². The van der Waals surface area contributed by atoms with Gasteiger partial charge >= 0.3 is 0 Å². The number of aromatic nitrogens is 3. The maximum Gasteiger partial charge on any atom is 0.250 e. The van der Waals surface area contributed by atoms with Crippen LogP contribution < -0.4 is 15.6 Å². The molecule has 0 radical (unpaired) electrons. The average molecular weight is 521 g/mol. The van der Waals surface area contributed by atoms with Crippen LogP contribution in [0.2, 0.25) is 0 Å². The highest BCUT2D eigenvalue weighted by Gasteiger charge is 2.08. The number of benzene rings is 2. The van der Waals surface area contributed by atoms with Crippen LogP contribution >= 0.6 is 31.9 Å². The van der Waals surface area contributed by atoms with Crippen molar-refractivity contribution in [3.05, 3.63) is 62.5 Å². The maximum absolute atomic E-state index is 9.79. The Morgan fingerprint density at radius 3 is 2.34 bits per heavy atom. The van der Waals surface area contributed by atoms with Crippen LogP contribution in [0.15, 0.2) is 56.5 Å². The van der Waals surface area contributed by atoms with Crippen molar-refractivity contribution in [2.24, 2.45) is 5.10 Å². The highest BCUT2D eigenvalue weighted by molar-refractivity contribution is 9.11.